The first-order chi connectivity index (χ1) is 8.48. The zero-order valence-electron chi connectivity index (χ0n) is 10.7. The zero-order chi connectivity index (χ0) is 13.6. The Balaban J connectivity index is 2.67. The fourth-order valence-electron chi connectivity index (χ4n) is 1.48. The van der Waals surface area contributed by atoms with Gasteiger partial charge < -0.3 is 5.11 Å². The molecule has 6 nitrogen and oxygen atoms in total. The minimum absolute atomic E-state index is 0.0216. The third-order valence-corrected chi connectivity index (χ3v) is 4.43. The van der Waals surface area contributed by atoms with Gasteiger partial charge in [-0.3, -0.25) is 4.98 Å². The van der Waals surface area contributed by atoms with Crippen molar-refractivity contribution in [2.45, 2.75) is 13.0 Å². The zero-order valence-corrected chi connectivity index (χ0v) is 11.5. The van der Waals surface area contributed by atoms with Gasteiger partial charge in [0.15, 0.2) is 0 Å². The van der Waals surface area contributed by atoms with Crippen LogP contribution in [-0.4, -0.2) is 54.4 Å². The molecule has 0 aromatic carbocycles. The molecule has 0 amide bonds. The first-order valence-electron chi connectivity index (χ1n) is 5.66. The average molecular weight is 273 g/mol. The fourth-order valence-corrected chi connectivity index (χ4v) is 2.62. The van der Waals surface area contributed by atoms with E-state index in [-0.39, 0.29) is 13.2 Å². The summed E-state index contributed by atoms with van der Waals surface area (Å²) >= 11 is 0. The summed E-state index contributed by atoms with van der Waals surface area (Å²) in [5.74, 6) is 0. The van der Waals surface area contributed by atoms with E-state index in [0.717, 1.165) is 5.56 Å². The largest absolute Gasteiger partial charge is 0.396 e. The normalized spacial score (nSPS) is 12.3. The average Bonchev–Trinajstić information content (AvgIpc) is 2.36. The molecule has 1 N–H and O–H groups in total. The molecule has 1 heterocycles. The van der Waals surface area contributed by atoms with Crippen molar-refractivity contribution in [2.75, 3.05) is 27.2 Å². The van der Waals surface area contributed by atoms with Crippen LogP contribution < -0.4 is 0 Å². The third-order valence-electron chi connectivity index (χ3n) is 2.55. The summed E-state index contributed by atoms with van der Waals surface area (Å²) in [6.45, 7) is 0.558. The lowest BCUT2D eigenvalue weighted by molar-refractivity contribution is 0.272. The Morgan fingerprint density at radius 2 is 2.06 bits per heavy atom. The Bertz CT molecular complexity index is 450. The van der Waals surface area contributed by atoms with Gasteiger partial charge in [-0.05, 0) is 18.1 Å². The Kier molecular flexibility index (Phi) is 5.67. The van der Waals surface area contributed by atoms with Crippen LogP contribution in [0.1, 0.15) is 12.0 Å². The quantitative estimate of drug-likeness (QED) is 0.763. The fraction of sp³-hybridized carbons (Fsp3) is 0.545. The summed E-state index contributed by atoms with van der Waals surface area (Å²) in [6, 6.07) is 3.60. The number of aliphatic hydroxyl groups excluding tert-OH is 1. The van der Waals surface area contributed by atoms with Gasteiger partial charge in [-0.25, -0.2) is 0 Å². The minimum Gasteiger partial charge on any atom is -0.396 e. The molecule has 102 valence electrons. The maximum Gasteiger partial charge on any atom is 0.281 e. The van der Waals surface area contributed by atoms with Crippen LogP contribution in [0, 0.1) is 0 Å². The van der Waals surface area contributed by atoms with E-state index in [2.05, 4.69) is 4.98 Å². The van der Waals surface area contributed by atoms with Crippen molar-refractivity contribution in [3.05, 3.63) is 30.1 Å². The Morgan fingerprint density at radius 1 is 1.33 bits per heavy atom. The Hall–Kier alpha value is -1.02. The molecule has 0 aliphatic carbocycles. The van der Waals surface area contributed by atoms with Gasteiger partial charge in [0.1, 0.15) is 0 Å². The van der Waals surface area contributed by atoms with Crippen LogP contribution in [0.15, 0.2) is 24.5 Å². The first-order valence-corrected chi connectivity index (χ1v) is 7.05. The van der Waals surface area contributed by atoms with Crippen molar-refractivity contribution in [1.82, 2.24) is 13.6 Å². The number of nitrogens with zero attached hydrogens (tertiary/aromatic N) is 3. The first kappa shape index (κ1) is 15.0. The monoisotopic (exact) mass is 273 g/mol. The Morgan fingerprint density at radius 3 is 2.61 bits per heavy atom. The van der Waals surface area contributed by atoms with Crippen LogP contribution in [0.2, 0.25) is 0 Å². The predicted octanol–water partition coefficient (Wildman–Crippen LogP) is 0.0724. The van der Waals surface area contributed by atoms with Gasteiger partial charge in [0, 0.05) is 46.2 Å². The topological polar surface area (TPSA) is 73.7 Å². The molecule has 0 radical (unpaired) electrons. The summed E-state index contributed by atoms with van der Waals surface area (Å²) in [5.41, 5.74) is 0.833. The molecular weight excluding hydrogens is 254 g/mol. The number of hydrogen-bond acceptors (Lipinski definition) is 4. The molecule has 0 spiro atoms. The van der Waals surface area contributed by atoms with E-state index in [4.69, 9.17) is 5.11 Å². The Labute approximate surface area is 108 Å². The summed E-state index contributed by atoms with van der Waals surface area (Å²) in [5, 5.41) is 8.71. The van der Waals surface area contributed by atoms with Crippen LogP contribution in [0.3, 0.4) is 0 Å². The van der Waals surface area contributed by atoms with E-state index in [1.165, 1.54) is 22.7 Å². The van der Waals surface area contributed by atoms with Crippen LogP contribution in [-0.2, 0) is 16.8 Å². The molecule has 1 aromatic rings. The lowest BCUT2D eigenvalue weighted by atomic mass is 10.3. The van der Waals surface area contributed by atoms with Gasteiger partial charge in [-0.15, -0.1) is 0 Å². The highest BCUT2D eigenvalue weighted by Gasteiger charge is 2.23. The van der Waals surface area contributed by atoms with Crippen molar-refractivity contribution in [1.29, 1.82) is 0 Å². The van der Waals surface area contributed by atoms with E-state index in [0.29, 0.717) is 13.0 Å². The third kappa shape index (κ3) is 4.02. The molecule has 0 aliphatic heterocycles. The number of aromatic nitrogens is 1. The minimum atomic E-state index is -3.48. The van der Waals surface area contributed by atoms with Gasteiger partial charge in [-0.1, -0.05) is 6.07 Å². The highest BCUT2D eigenvalue weighted by Crippen LogP contribution is 2.09. The van der Waals surface area contributed by atoms with E-state index in [1.54, 1.807) is 18.5 Å². The highest BCUT2D eigenvalue weighted by molar-refractivity contribution is 7.86. The van der Waals surface area contributed by atoms with Crippen molar-refractivity contribution in [2.24, 2.45) is 0 Å². The molecule has 0 atom stereocenters. The van der Waals surface area contributed by atoms with E-state index in [1.807, 2.05) is 6.07 Å². The second-order valence-corrected chi connectivity index (χ2v) is 6.17. The lowest BCUT2D eigenvalue weighted by Crippen LogP contribution is -2.39. The molecular formula is C11H19N3O3S. The molecule has 0 aliphatic rings. The second kappa shape index (κ2) is 6.79. The van der Waals surface area contributed by atoms with Gasteiger partial charge in [0.25, 0.3) is 10.2 Å². The summed E-state index contributed by atoms with van der Waals surface area (Å²) < 4.78 is 26.7. The number of hydrogen-bond donors (Lipinski definition) is 1. The van der Waals surface area contributed by atoms with Gasteiger partial charge >= 0.3 is 0 Å². The lowest BCUT2D eigenvalue weighted by Gasteiger charge is -2.24. The SMILES string of the molecule is CN(CCCO)S(=O)(=O)N(C)Cc1cccnc1. The summed E-state index contributed by atoms with van der Waals surface area (Å²) in [7, 11) is -0.451. The molecule has 18 heavy (non-hydrogen) atoms. The number of rotatable bonds is 7. The second-order valence-electron chi connectivity index (χ2n) is 4.02. The maximum atomic E-state index is 12.1. The summed E-state index contributed by atoms with van der Waals surface area (Å²) in [6.07, 6.45) is 3.71. The molecule has 1 aromatic heterocycles. The molecule has 0 unspecified atom stereocenters. The summed E-state index contributed by atoms with van der Waals surface area (Å²) in [4.78, 5) is 3.95. The van der Waals surface area contributed by atoms with E-state index >= 15 is 0 Å². The van der Waals surface area contributed by atoms with Crippen LogP contribution >= 0.6 is 0 Å². The van der Waals surface area contributed by atoms with Crippen LogP contribution in [0.4, 0.5) is 0 Å². The van der Waals surface area contributed by atoms with Crippen molar-refractivity contribution >= 4 is 10.2 Å². The standard InChI is InChI=1S/C11H19N3O3S/c1-13(7-4-8-15)18(16,17)14(2)10-11-5-3-6-12-9-11/h3,5-6,9,15H,4,7-8,10H2,1-2H3. The van der Waals surface area contributed by atoms with Crippen molar-refractivity contribution in [3.63, 3.8) is 0 Å². The predicted molar refractivity (Wildman–Crippen MR) is 69.0 cm³/mol. The van der Waals surface area contributed by atoms with Crippen LogP contribution in [0.25, 0.3) is 0 Å². The molecule has 1 rings (SSSR count). The molecule has 7 heteroatoms. The van der Waals surface area contributed by atoms with Gasteiger partial charge in [0.05, 0.1) is 0 Å². The number of pyridine rings is 1. The van der Waals surface area contributed by atoms with Crippen molar-refractivity contribution in [3.8, 4) is 0 Å². The highest BCUT2D eigenvalue weighted by atomic mass is 32.2. The molecule has 0 fully saturated rings. The molecule has 0 bridgehead atoms. The van der Waals surface area contributed by atoms with E-state index in [9.17, 15) is 8.42 Å². The molecule has 0 saturated carbocycles. The van der Waals surface area contributed by atoms with Gasteiger partial charge in [-0.2, -0.15) is 17.0 Å². The molecule has 0 saturated heterocycles. The van der Waals surface area contributed by atoms with Crippen molar-refractivity contribution < 1.29 is 13.5 Å². The van der Waals surface area contributed by atoms with Gasteiger partial charge in [0.2, 0.25) is 0 Å². The van der Waals surface area contributed by atoms with E-state index < -0.39 is 10.2 Å². The van der Waals surface area contributed by atoms with Crippen LogP contribution in [0.5, 0.6) is 0 Å². The number of aliphatic hydroxyl groups is 1. The maximum absolute atomic E-state index is 12.1. The smallest absolute Gasteiger partial charge is 0.281 e.